The van der Waals surface area contributed by atoms with Crippen molar-refractivity contribution in [2.45, 2.75) is 51.0 Å². The molecule has 0 aliphatic carbocycles. The average Bonchev–Trinajstić information content (AvgIpc) is 1.95. The number of hydrogen-bond acceptors (Lipinski definition) is 2. The van der Waals surface area contributed by atoms with Crippen molar-refractivity contribution in [2.75, 3.05) is 0 Å². The van der Waals surface area contributed by atoms with E-state index in [1.54, 1.807) is 0 Å². The van der Waals surface area contributed by atoms with Crippen molar-refractivity contribution in [3.63, 3.8) is 0 Å². The maximum Gasteiger partial charge on any atom is 0.320 e. The van der Waals surface area contributed by atoms with Gasteiger partial charge in [0.15, 0.2) is 0 Å². The molecule has 0 fully saturated rings. The molecule has 0 saturated heterocycles. The fraction of sp³-hybridized carbons (Fsp3) is 0.889. The van der Waals surface area contributed by atoms with Gasteiger partial charge < -0.3 is 10.8 Å². The van der Waals surface area contributed by atoms with Gasteiger partial charge in [-0.15, -0.1) is 0 Å². The molecule has 0 aromatic rings. The Labute approximate surface area is 81.3 Å². The number of carbonyl (C=O) groups is 1. The normalized spacial score (nSPS) is 14.2. The minimum absolute atomic E-state index is 0.611. The van der Waals surface area contributed by atoms with Crippen LogP contribution in [0, 0.1) is 0 Å². The van der Waals surface area contributed by atoms with Crippen molar-refractivity contribution >= 4 is 14.0 Å². The quantitative estimate of drug-likeness (QED) is 0.512. The highest BCUT2D eigenvalue weighted by Crippen LogP contribution is 2.14. The Balaban J connectivity index is 3.41. The van der Waals surface area contributed by atoms with Gasteiger partial charge in [-0.05, 0) is 6.42 Å². The fourth-order valence-electron chi connectivity index (χ4n) is 1.14. The first kappa shape index (κ1) is 12.6. The maximum absolute atomic E-state index is 10.4. The lowest BCUT2D eigenvalue weighted by atomic mass is 10.1. The highest BCUT2D eigenvalue weighted by molar-refractivity contribution is 6.76. The van der Waals surface area contributed by atoms with E-state index in [0.29, 0.717) is 6.42 Å². The van der Waals surface area contributed by atoms with E-state index in [0.717, 1.165) is 12.8 Å². The smallest absolute Gasteiger partial charge is 0.320 e. The first-order valence-electron chi connectivity index (χ1n) is 4.81. The Hall–Kier alpha value is -0.353. The molecule has 0 radical (unpaired) electrons. The standard InChI is InChI=1S/C9H21NO2Si/c1-13(2,3)7-5-4-6-8(10)9(11)12/h8H,4-7,10H2,1-3H3,(H,11,12). The third-order valence-corrected chi connectivity index (χ3v) is 3.86. The monoisotopic (exact) mass is 203 g/mol. The molecule has 1 unspecified atom stereocenters. The highest BCUT2D eigenvalue weighted by Gasteiger charge is 2.14. The van der Waals surface area contributed by atoms with E-state index >= 15 is 0 Å². The molecule has 1 atom stereocenters. The van der Waals surface area contributed by atoms with Gasteiger partial charge in [0, 0.05) is 8.07 Å². The predicted octanol–water partition coefficient (Wildman–Crippen LogP) is 1.91. The van der Waals surface area contributed by atoms with Gasteiger partial charge in [-0.2, -0.15) is 0 Å². The van der Waals surface area contributed by atoms with E-state index in [-0.39, 0.29) is 0 Å². The van der Waals surface area contributed by atoms with Gasteiger partial charge in [0.2, 0.25) is 0 Å². The zero-order valence-corrected chi connectivity index (χ0v) is 9.84. The molecule has 0 aromatic heterocycles. The summed E-state index contributed by atoms with van der Waals surface area (Å²) in [5.41, 5.74) is 5.38. The molecule has 0 aliphatic rings. The Morgan fingerprint density at radius 2 is 1.92 bits per heavy atom. The molecule has 0 heterocycles. The van der Waals surface area contributed by atoms with E-state index < -0.39 is 20.1 Å². The van der Waals surface area contributed by atoms with Crippen LogP contribution in [-0.4, -0.2) is 25.2 Å². The molecule has 13 heavy (non-hydrogen) atoms. The van der Waals surface area contributed by atoms with Crippen molar-refractivity contribution in [1.82, 2.24) is 0 Å². The van der Waals surface area contributed by atoms with Crippen LogP contribution < -0.4 is 5.73 Å². The van der Waals surface area contributed by atoms with Crippen molar-refractivity contribution in [3.05, 3.63) is 0 Å². The molecule has 0 aromatic carbocycles. The molecular formula is C9H21NO2Si. The molecule has 78 valence electrons. The summed E-state index contributed by atoms with van der Waals surface area (Å²) in [5.74, 6) is -0.881. The number of aliphatic carboxylic acids is 1. The molecule has 0 aliphatic heterocycles. The van der Waals surface area contributed by atoms with Crippen LogP contribution in [0.4, 0.5) is 0 Å². The summed E-state index contributed by atoms with van der Waals surface area (Å²) < 4.78 is 0. The number of unbranched alkanes of at least 4 members (excludes halogenated alkanes) is 1. The molecule has 3 N–H and O–H groups in total. The van der Waals surface area contributed by atoms with E-state index in [1.165, 1.54) is 6.04 Å². The minimum atomic E-state index is -0.945. The van der Waals surface area contributed by atoms with Gasteiger partial charge in [-0.1, -0.05) is 38.5 Å². The summed E-state index contributed by atoms with van der Waals surface area (Å²) in [4.78, 5) is 10.4. The SMILES string of the molecule is C[Si](C)(C)CCCCC(N)C(=O)O. The first-order chi connectivity index (χ1) is 5.83. The Morgan fingerprint density at radius 3 is 2.31 bits per heavy atom. The molecular weight excluding hydrogens is 182 g/mol. The average molecular weight is 203 g/mol. The lowest BCUT2D eigenvalue weighted by Gasteiger charge is -2.15. The van der Waals surface area contributed by atoms with Crippen LogP contribution in [0.3, 0.4) is 0 Å². The van der Waals surface area contributed by atoms with Gasteiger partial charge >= 0.3 is 5.97 Å². The number of nitrogens with two attached hydrogens (primary N) is 1. The molecule has 4 heteroatoms. The summed E-state index contributed by atoms with van der Waals surface area (Å²) >= 11 is 0. The molecule has 0 rings (SSSR count). The van der Waals surface area contributed by atoms with Gasteiger partial charge in [0.05, 0.1) is 0 Å². The number of hydrogen-bond donors (Lipinski definition) is 2. The molecule has 0 bridgehead atoms. The maximum atomic E-state index is 10.4. The summed E-state index contributed by atoms with van der Waals surface area (Å²) in [7, 11) is -0.945. The van der Waals surface area contributed by atoms with Crippen molar-refractivity contribution in [1.29, 1.82) is 0 Å². The topological polar surface area (TPSA) is 63.3 Å². The van der Waals surface area contributed by atoms with Gasteiger partial charge in [-0.3, -0.25) is 4.79 Å². The van der Waals surface area contributed by atoms with Gasteiger partial charge in [0.1, 0.15) is 6.04 Å². The summed E-state index contributed by atoms with van der Waals surface area (Å²) in [6, 6.07) is 0.598. The van der Waals surface area contributed by atoms with Crippen molar-refractivity contribution in [3.8, 4) is 0 Å². The molecule has 3 nitrogen and oxygen atoms in total. The van der Waals surface area contributed by atoms with Crippen LogP contribution in [-0.2, 0) is 4.79 Å². The van der Waals surface area contributed by atoms with Crippen LogP contribution in [0.2, 0.25) is 25.7 Å². The van der Waals surface area contributed by atoms with Crippen molar-refractivity contribution in [2.24, 2.45) is 5.73 Å². The fourth-order valence-corrected chi connectivity index (χ4v) is 2.45. The largest absolute Gasteiger partial charge is 0.480 e. The van der Waals surface area contributed by atoms with Crippen LogP contribution >= 0.6 is 0 Å². The number of rotatable bonds is 6. The van der Waals surface area contributed by atoms with Crippen LogP contribution in [0.25, 0.3) is 0 Å². The number of carboxylic acid groups (broad SMARTS) is 1. The molecule has 0 saturated carbocycles. The Bertz CT molecular complexity index is 165. The van der Waals surface area contributed by atoms with Crippen LogP contribution in [0.1, 0.15) is 19.3 Å². The van der Waals surface area contributed by atoms with Crippen molar-refractivity contribution < 1.29 is 9.90 Å². The third-order valence-electron chi connectivity index (χ3n) is 2.01. The van der Waals surface area contributed by atoms with Gasteiger partial charge in [-0.25, -0.2) is 0 Å². The molecule has 0 amide bonds. The lowest BCUT2D eigenvalue weighted by Crippen LogP contribution is -2.30. The third kappa shape index (κ3) is 7.99. The number of carboxylic acids is 1. The summed E-state index contributed by atoms with van der Waals surface area (Å²) in [6.07, 6.45) is 2.67. The van der Waals surface area contributed by atoms with Crippen LogP contribution in [0.5, 0.6) is 0 Å². The van der Waals surface area contributed by atoms with Crippen LogP contribution in [0.15, 0.2) is 0 Å². The van der Waals surface area contributed by atoms with Gasteiger partial charge in [0.25, 0.3) is 0 Å². The zero-order chi connectivity index (χ0) is 10.5. The summed E-state index contributed by atoms with van der Waals surface area (Å²) in [6.45, 7) is 6.97. The Morgan fingerprint density at radius 1 is 1.38 bits per heavy atom. The second kappa shape index (κ2) is 5.39. The van der Waals surface area contributed by atoms with E-state index in [9.17, 15) is 4.79 Å². The van der Waals surface area contributed by atoms with E-state index in [2.05, 4.69) is 19.6 Å². The second-order valence-corrected chi connectivity index (χ2v) is 10.4. The second-order valence-electron chi connectivity index (χ2n) is 4.75. The van der Waals surface area contributed by atoms with E-state index in [4.69, 9.17) is 10.8 Å². The predicted molar refractivity (Wildman–Crippen MR) is 57.6 cm³/mol. The zero-order valence-electron chi connectivity index (χ0n) is 8.84. The lowest BCUT2D eigenvalue weighted by molar-refractivity contribution is -0.138. The minimum Gasteiger partial charge on any atom is -0.480 e. The highest BCUT2D eigenvalue weighted by atomic mass is 28.3. The first-order valence-corrected chi connectivity index (χ1v) is 8.52. The molecule has 0 spiro atoms. The summed E-state index contributed by atoms with van der Waals surface area (Å²) in [5, 5.41) is 8.52. The Kier molecular flexibility index (Phi) is 5.25. The van der Waals surface area contributed by atoms with E-state index in [1.807, 2.05) is 0 Å².